The molecule has 2 heterocycles. The van der Waals surface area contributed by atoms with Crippen LogP contribution in [0.1, 0.15) is 32.7 Å². The normalized spacial score (nSPS) is 18.8. The summed E-state index contributed by atoms with van der Waals surface area (Å²) < 4.78 is 5.78. The molecule has 0 spiro atoms. The van der Waals surface area contributed by atoms with E-state index < -0.39 is 0 Å². The van der Waals surface area contributed by atoms with Crippen molar-refractivity contribution in [1.82, 2.24) is 0 Å². The highest BCUT2D eigenvalue weighted by atomic mass is 32.2. The summed E-state index contributed by atoms with van der Waals surface area (Å²) in [6, 6.07) is 20.4. The summed E-state index contributed by atoms with van der Waals surface area (Å²) in [5.74, 6) is 1.30. The lowest BCUT2D eigenvalue weighted by Gasteiger charge is -2.25. The Hall–Kier alpha value is -2.72. The maximum absolute atomic E-state index is 13.1. The smallest absolute Gasteiger partial charge is 0.195 e. The Morgan fingerprint density at radius 1 is 1.00 bits per heavy atom. The summed E-state index contributed by atoms with van der Waals surface area (Å²) in [6.45, 7) is 1.87. The molecule has 2 aromatic carbocycles. The number of Topliss-reactive ketones (excluding diaryl/α,β-unsaturated/α-hetero) is 1. The summed E-state index contributed by atoms with van der Waals surface area (Å²) in [7, 11) is 0. The van der Waals surface area contributed by atoms with Gasteiger partial charge < -0.3 is 9.52 Å². The van der Waals surface area contributed by atoms with Crippen molar-refractivity contribution >= 4 is 23.3 Å². The zero-order valence-corrected chi connectivity index (χ0v) is 14.4. The SMILES string of the molecule is Cc1ccc(C2Sc3ccccc3C(=O)/C2=C(\O)c2ccccc2)o1. The first kappa shape index (κ1) is 15.8. The van der Waals surface area contributed by atoms with Crippen LogP contribution in [0, 0.1) is 6.92 Å². The minimum Gasteiger partial charge on any atom is -0.507 e. The van der Waals surface area contributed by atoms with Gasteiger partial charge in [0.05, 0.1) is 10.8 Å². The average molecular weight is 348 g/mol. The zero-order valence-electron chi connectivity index (χ0n) is 13.6. The van der Waals surface area contributed by atoms with Gasteiger partial charge in [0.15, 0.2) is 5.78 Å². The van der Waals surface area contributed by atoms with E-state index in [1.54, 1.807) is 18.2 Å². The van der Waals surface area contributed by atoms with Gasteiger partial charge in [-0.1, -0.05) is 42.5 Å². The van der Waals surface area contributed by atoms with Gasteiger partial charge in [-0.3, -0.25) is 4.79 Å². The topological polar surface area (TPSA) is 50.4 Å². The Kier molecular flexibility index (Phi) is 3.98. The first-order valence-electron chi connectivity index (χ1n) is 8.00. The monoisotopic (exact) mass is 348 g/mol. The predicted octanol–water partition coefficient (Wildman–Crippen LogP) is 5.59. The molecule has 1 aliphatic rings. The lowest BCUT2D eigenvalue weighted by molar-refractivity contribution is 0.102. The number of fused-ring (bicyclic) bond motifs is 1. The predicted molar refractivity (Wildman–Crippen MR) is 98.8 cm³/mol. The fraction of sp³-hybridized carbons (Fsp3) is 0.0952. The third-order valence-electron chi connectivity index (χ3n) is 4.21. The van der Waals surface area contributed by atoms with Gasteiger partial charge in [-0.05, 0) is 31.2 Å². The molecule has 124 valence electrons. The molecule has 0 saturated carbocycles. The Morgan fingerprint density at radius 2 is 1.72 bits per heavy atom. The van der Waals surface area contributed by atoms with E-state index >= 15 is 0 Å². The van der Waals surface area contributed by atoms with Crippen LogP contribution in [0.15, 0.2) is 81.6 Å². The molecule has 3 nitrogen and oxygen atoms in total. The quantitative estimate of drug-likeness (QED) is 0.485. The Balaban J connectivity index is 1.93. The molecule has 3 aromatic rings. The molecule has 1 N–H and O–H groups in total. The summed E-state index contributed by atoms with van der Waals surface area (Å²) in [6.07, 6.45) is 0. The molecule has 0 radical (unpaired) electrons. The highest BCUT2D eigenvalue weighted by molar-refractivity contribution is 8.00. The van der Waals surface area contributed by atoms with Crippen LogP contribution >= 0.6 is 11.8 Å². The number of hydrogen-bond acceptors (Lipinski definition) is 4. The van der Waals surface area contributed by atoms with Gasteiger partial charge in [-0.2, -0.15) is 0 Å². The lowest BCUT2D eigenvalue weighted by Crippen LogP contribution is -2.18. The van der Waals surface area contributed by atoms with Gasteiger partial charge in [-0.25, -0.2) is 0 Å². The number of benzene rings is 2. The zero-order chi connectivity index (χ0) is 17.4. The van der Waals surface area contributed by atoms with Gasteiger partial charge in [0.1, 0.15) is 17.3 Å². The first-order valence-corrected chi connectivity index (χ1v) is 8.88. The lowest BCUT2D eigenvalue weighted by atomic mass is 9.95. The summed E-state index contributed by atoms with van der Waals surface area (Å²) >= 11 is 1.53. The number of aliphatic hydroxyl groups excluding tert-OH is 1. The summed E-state index contributed by atoms with van der Waals surface area (Å²) in [5, 5.41) is 10.5. The van der Waals surface area contributed by atoms with Gasteiger partial charge in [0.25, 0.3) is 0 Å². The Labute approximate surface area is 150 Å². The molecule has 1 aliphatic heterocycles. The second kappa shape index (κ2) is 6.30. The van der Waals surface area contributed by atoms with Crippen molar-refractivity contribution in [2.75, 3.05) is 0 Å². The van der Waals surface area contributed by atoms with Crippen LogP contribution in [-0.2, 0) is 0 Å². The van der Waals surface area contributed by atoms with Crippen LogP contribution in [-0.4, -0.2) is 10.9 Å². The molecular weight excluding hydrogens is 332 g/mol. The van der Waals surface area contributed by atoms with Crippen LogP contribution in [0.5, 0.6) is 0 Å². The van der Waals surface area contributed by atoms with Crippen LogP contribution < -0.4 is 0 Å². The van der Waals surface area contributed by atoms with E-state index in [-0.39, 0.29) is 16.8 Å². The molecule has 0 amide bonds. The largest absolute Gasteiger partial charge is 0.507 e. The molecular formula is C21H16O3S. The van der Waals surface area contributed by atoms with E-state index in [2.05, 4.69) is 0 Å². The molecule has 1 aromatic heterocycles. The molecule has 4 heteroatoms. The van der Waals surface area contributed by atoms with Gasteiger partial charge >= 0.3 is 0 Å². The second-order valence-corrected chi connectivity index (χ2v) is 7.05. The van der Waals surface area contributed by atoms with Crippen molar-refractivity contribution in [1.29, 1.82) is 0 Å². The number of aryl methyl sites for hydroxylation is 1. The highest BCUT2D eigenvalue weighted by Gasteiger charge is 2.36. The second-order valence-electron chi connectivity index (χ2n) is 5.90. The standard InChI is InChI=1S/C21H16O3S/c1-13-11-12-16(24-13)21-18(19(22)14-7-3-2-4-8-14)20(23)15-9-5-6-10-17(15)25-21/h2-12,21-22H,1H3/b19-18+. The van der Waals surface area contributed by atoms with Crippen molar-refractivity contribution in [3.8, 4) is 0 Å². The highest BCUT2D eigenvalue weighted by Crippen LogP contribution is 2.49. The van der Waals surface area contributed by atoms with Crippen LogP contribution in [0.25, 0.3) is 5.76 Å². The van der Waals surface area contributed by atoms with Crippen LogP contribution in [0.3, 0.4) is 0 Å². The average Bonchev–Trinajstić information content (AvgIpc) is 3.08. The number of thioether (sulfide) groups is 1. The van der Waals surface area contributed by atoms with E-state index in [1.807, 2.05) is 55.5 Å². The molecule has 1 unspecified atom stereocenters. The van der Waals surface area contributed by atoms with Crippen molar-refractivity contribution in [2.24, 2.45) is 0 Å². The number of ketones is 1. The Morgan fingerprint density at radius 3 is 2.44 bits per heavy atom. The van der Waals surface area contributed by atoms with E-state index in [0.29, 0.717) is 22.5 Å². The fourth-order valence-electron chi connectivity index (χ4n) is 2.98. The minimum atomic E-state index is -0.378. The number of hydrogen-bond donors (Lipinski definition) is 1. The molecule has 0 saturated heterocycles. The number of aliphatic hydroxyl groups is 1. The first-order chi connectivity index (χ1) is 12.1. The number of rotatable bonds is 2. The molecule has 0 fully saturated rings. The van der Waals surface area contributed by atoms with Gasteiger partial charge in [0, 0.05) is 16.0 Å². The third kappa shape index (κ3) is 2.79. The molecule has 4 rings (SSSR count). The number of carbonyl (C=O) groups excluding carboxylic acids is 1. The molecule has 0 aliphatic carbocycles. The molecule has 1 atom stereocenters. The minimum absolute atomic E-state index is 0.00616. The molecule has 25 heavy (non-hydrogen) atoms. The summed E-state index contributed by atoms with van der Waals surface area (Å²) in [5.41, 5.74) is 1.60. The maximum Gasteiger partial charge on any atom is 0.195 e. The number of carbonyl (C=O) groups is 1. The maximum atomic E-state index is 13.1. The van der Waals surface area contributed by atoms with E-state index in [1.165, 1.54) is 11.8 Å². The third-order valence-corrected chi connectivity index (χ3v) is 5.52. The summed E-state index contributed by atoms with van der Waals surface area (Å²) in [4.78, 5) is 14.0. The van der Waals surface area contributed by atoms with Crippen molar-refractivity contribution in [2.45, 2.75) is 17.1 Å². The molecule has 0 bridgehead atoms. The van der Waals surface area contributed by atoms with E-state index in [0.717, 1.165) is 10.7 Å². The van der Waals surface area contributed by atoms with Crippen molar-refractivity contribution < 1.29 is 14.3 Å². The van der Waals surface area contributed by atoms with Gasteiger partial charge in [0.2, 0.25) is 0 Å². The van der Waals surface area contributed by atoms with Gasteiger partial charge in [-0.15, -0.1) is 11.8 Å². The Bertz CT molecular complexity index is 970. The van der Waals surface area contributed by atoms with Crippen molar-refractivity contribution in [3.05, 3.63) is 95.0 Å². The van der Waals surface area contributed by atoms with E-state index in [9.17, 15) is 9.90 Å². The van der Waals surface area contributed by atoms with Crippen LogP contribution in [0.2, 0.25) is 0 Å². The fourth-order valence-corrected chi connectivity index (χ4v) is 4.26. The van der Waals surface area contributed by atoms with Crippen molar-refractivity contribution in [3.63, 3.8) is 0 Å². The number of furan rings is 1. The van der Waals surface area contributed by atoms with E-state index in [4.69, 9.17) is 4.42 Å². The van der Waals surface area contributed by atoms with Crippen LogP contribution in [0.4, 0.5) is 0 Å².